The van der Waals surface area contributed by atoms with Gasteiger partial charge in [0.25, 0.3) is 0 Å². The van der Waals surface area contributed by atoms with Crippen LogP contribution in [0.1, 0.15) is 230 Å². The topological polar surface area (TPSA) is 25.3 Å². The number of hydrogen-bond acceptors (Lipinski definition) is 0. The Labute approximate surface area is 348 Å². The van der Waals surface area contributed by atoms with Gasteiger partial charge in [-0.2, -0.15) is 0 Å². The molecule has 0 aliphatic carbocycles. The van der Waals surface area contributed by atoms with Crippen LogP contribution in [0.3, 0.4) is 0 Å². The third kappa shape index (κ3) is 18.4. The van der Waals surface area contributed by atoms with Gasteiger partial charge in [0.2, 0.25) is 11.4 Å². The molecule has 0 saturated heterocycles. The summed E-state index contributed by atoms with van der Waals surface area (Å²) in [6.07, 6.45) is 31.6. The van der Waals surface area contributed by atoms with Crippen LogP contribution in [0.2, 0.25) is 10.8 Å². The van der Waals surface area contributed by atoms with Crippen LogP contribution in [-0.2, 0) is 40.1 Å². The van der Waals surface area contributed by atoms with Crippen molar-refractivity contribution in [2.75, 3.05) is 0 Å². The first-order valence-corrected chi connectivity index (χ1v) is 25.0. The van der Waals surface area contributed by atoms with E-state index in [1.165, 1.54) is 171 Å². The normalized spacial score (nSPS) is 13.0. The third-order valence-electron chi connectivity index (χ3n) is 11.0. The van der Waals surface area contributed by atoms with Crippen LogP contribution < -0.4 is 0 Å². The first kappa shape index (κ1) is 49.2. The fourth-order valence-corrected chi connectivity index (χ4v) is 9.06. The SMILES string of the molecule is CCCCCCC1=C(c2cc(CCCCC)cc(CCCCC)c2)[N+](=[N-])C(c2cc(CCCC)cc(CCCC)c2)=C1CCCC.CCC[CH2][Ni][CH2]CCC. The molecule has 0 bridgehead atoms. The predicted molar refractivity (Wildman–Crippen MR) is 242 cm³/mol. The van der Waals surface area contributed by atoms with Crippen molar-refractivity contribution in [2.45, 2.75) is 233 Å². The second-order valence-electron chi connectivity index (χ2n) is 16.3. The van der Waals surface area contributed by atoms with Crippen LogP contribution in [0, 0.1) is 0 Å². The molecule has 0 atom stereocenters. The average Bonchev–Trinajstić information content (AvgIpc) is 3.47. The van der Waals surface area contributed by atoms with E-state index in [-0.39, 0.29) is 0 Å². The fourth-order valence-electron chi connectivity index (χ4n) is 7.62. The summed E-state index contributed by atoms with van der Waals surface area (Å²) in [6.45, 7) is 18.3. The number of nitrogens with zero attached hydrogens (tertiary/aromatic N) is 2. The van der Waals surface area contributed by atoms with Gasteiger partial charge in [-0.05, 0) is 124 Å². The summed E-state index contributed by atoms with van der Waals surface area (Å²) >= 11 is 1.94. The van der Waals surface area contributed by atoms with Gasteiger partial charge in [-0.3, -0.25) is 0 Å². The molecule has 0 unspecified atom stereocenters. The number of aryl methyl sites for hydroxylation is 4. The number of allylic oxidation sites excluding steroid dienone is 2. The molecule has 0 aromatic heterocycles. The summed E-state index contributed by atoms with van der Waals surface area (Å²) in [6, 6.07) is 14.6. The van der Waals surface area contributed by atoms with Crippen molar-refractivity contribution in [1.82, 2.24) is 0 Å². The van der Waals surface area contributed by atoms with E-state index < -0.39 is 0 Å². The number of hydrogen-bond donors (Lipinski definition) is 0. The molecular weight excluding hydrogens is 711 g/mol. The number of unbranched alkanes of at least 4 members (excludes halogenated alkanes) is 12. The van der Waals surface area contributed by atoms with Crippen molar-refractivity contribution in [3.8, 4) is 0 Å². The van der Waals surface area contributed by atoms with Crippen molar-refractivity contribution in [2.24, 2.45) is 0 Å². The first-order chi connectivity index (χ1) is 26.9. The zero-order valence-corrected chi connectivity index (χ0v) is 38.5. The molecule has 0 amide bonds. The predicted octanol–water partition coefficient (Wildman–Crippen LogP) is 17.7. The molecule has 2 aromatic rings. The summed E-state index contributed by atoms with van der Waals surface area (Å²) in [4.78, 5) is 0. The second-order valence-corrected chi connectivity index (χ2v) is 17.7. The average molecular weight is 798 g/mol. The Hall–Kier alpha value is -1.99. The molecule has 1 heterocycles. The van der Waals surface area contributed by atoms with Crippen molar-refractivity contribution < 1.29 is 19.1 Å². The molecule has 0 fully saturated rings. The van der Waals surface area contributed by atoms with E-state index in [0.29, 0.717) is 0 Å². The summed E-state index contributed by atoms with van der Waals surface area (Å²) in [5, 5.41) is 2.78. The van der Waals surface area contributed by atoms with E-state index in [4.69, 9.17) is 0 Å². The number of rotatable bonds is 30. The molecular formula is C52H86N2Ni. The van der Waals surface area contributed by atoms with E-state index >= 15 is 0 Å². The van der Waals surface area contributed by atoms with E-state index in [0.717, 1.165) is 62.8 Å². The molecule has 2 nitrogen and oxygen atoms in total. The van der Waals surface area contributed by atoms with Crippen molar-refractivity contribution in [3.05, 3.63) is 86.5 Å². The monoisotopic (exact) mass is 797 g/mol. The van der Waals surface area contributed by atoms with Gasteiger partial charge in [-0.1, -0.05) is 118 Å². The van der Waals surface area contributed by atoms with E-state index in [1.807, 2.05) is 14.4 Å². The molecule has 1 aliphatic rings. The molecule has 2 aromatic carbocycles. The number of benzene rings is 2. The van der Waals surface area contributed by atoms with Crippen molar-refractivity contribution in [1.29, 1.82) is 0 Å². The van der Waals surface area contributed by atoms with Gasteiger partial charge in [0.15, 0.2) is 0 Å². The van der Waals surface area contributed by atoms with Crippen LogP contribution in [0.15, 0.2) is 47.5 Å². The van der Waals surface area contributed by atoms with E-state index in [1.54, 1.807) is 4.70 Å². The van der Waals surface area contributed by atoms with Gasteiger partial charge in [-0.15, -0.1) is 0 Å². The maximum atomic E-state index is 12.5. The zero-order chi connectivity index (χ0) is 40.1. The molecule has 3 heteroatoms. The van der Waals surface area contributed by atoms with E-state index in [9.17, 15) is 5.53 Å². The maximum absolute atomic E-state index is 12.5. The van der Waals surface area contributed by atoms with Gasteiger partial charge < -0.3 is 5.53 Å². The van der Waals surface area contributed by atoms with Crippen LogP contribution in [-0.4, -0.2) is 4.70 Å². The quantitative estimate of drug-likeness (QED) is 0.0427. The molecule has 0 spiro atoms. The molecule has 0 saturated carbocycles. The van der Waals surface area contributed by atoms with Gasteiger partial charge in [0.05, 0.1) is 0 Å². The summed E-state index contributed by atoms with van der Waals surface area (Å²) < 4.78 is 1.66. The zero-order valence-electron chi connectivity index (χ0n) is 37.5. The first-order valence-electron chi connectivity index (χ1n) is 23.6. The Morgan fingerprint density at radius 1 is 0.364 bits per heavy atom. The molecule has 0 radical (unpaired) electrons. The fraction of sp³-hybridized carbons (Fsp3) is 0.692. The second kappa shape index (κ2) is 31.1. The summed E-state index contributed by atoms with van der Waals surface area (Å²) in [5.41, 5.74) is 25.6. The molecule has 314 valence electrons. The molecule has 55 heavy (non-hydrogen) atoms. The minimum atomic E-state index is 1.03. The Morgan fingerprint density at radius 2 is 0.673 bits per heavy atom. The molecule has 3 rings (SSSR count). The Bertz CT molecular complexity index is 1340. The van der Waals surface area contributed by atoms with Crippen LogP contribution in [0.25, 0.3) is 16.9 Å². The van der Waals surface area contributed by atoms with Crippen LogP contribution >= 0.6 is 0 Å². The van der Waals surface area contributed by atoms with Gasteiger partial charge in [0, 0.05) is 22.3 Å². The summed E-state index contributed by atoms with van der Waals surface area (Å²) in [5.74, 6) is 0. The van der Waals surface area contributed by atoms with Crippen LogP contribution in [0.5, 0.6) is 0 Å². The van der Waals surface area contributed by atoms with E-state index in [2.05, 4.69) is 91.8 Å². The van der Waals surface area contributed by atoms with Gasteiger partial charge in [-0.25, -0.2) is 4.70 Å². The summed E-state index contributed by atoms with van der Waals surface area (Å²) in [7, 11) is 0. The Kier molecular flexibility index (Phi) is 27.8. The van der Waals surface area contributed by atoms with Crippen molar-refractivity contribution >= 4 is 11.4 Å². The Morgan fingerprint density at radius 3 is 1.05 bits per heavy atom. The van der Waals surface area contributed by atoms with Crippen LogP contribution in [0.4, 0.5) is 0 Å². The van der Waals surface area contributed by atoms with Crippen molar-refractivity contribution in [3.63, 3.8) is 0 Å². The van der Waals surface area contributed by atoms with Gasteiger partial charge in [0.1, 0.15) is 0 Å². The third-order valence-corrected chi connectivity index (χ3v) is 12.4. The molecule has 0 N–H and O–H groups in total. The standard InChI is InChI=1S/C44H68N2.2C4H9.Ni/c1-7-13-19-22-28-42-41(27-18-12-6)43(39-31-35(23-16-10-4)29-36(32-39)24-17-11-5)46(45)44(42)40-33-37(25-20-14-8-2)30-38(34-40)26-21-15-9-3;2*1-3-4-2;/h29-34H,7-28H2,1-6H3;2*1,3-4H2,2H3;. The molecule has 1 aliphatic heterocycles. The minimum absolute atomic E-state index is 1.03. The Balaban J connectivity index is 0.00000103. The van der Waals surface area contributed by atoms with Gasteiger partial charge >= 0.3 is 64.8 Å².